The van der Waals surface area contributed by atoms with Gasteiger partial charge in [-0.3, -0.25) is 4.79 Å². The number of aromatic hydroxyl groups is 1. The molecule has 1 amide bonds. The minimum atomic E-state index is -0.0980. The zero-order valence-electron chi connectivity index (χ0n) is 11.4. The number of carbonyl (C=O) groups is 1. The van der Waals surface area contributed by atoms with Gasteiger partial charge in [0.05, 0.1) is 11.2 Å². The molecule has 0 heterocycles. The van der Waals surface area contributed by atoms with Gasteiger partial charge < -0.3 is 5.11 Å². The summed E-state index contributed by atoms with van der Waals surface area (Å²) in [6.07, 6.45) is 6.11. The molecular formula is C15H16Cl2N2O2. The molecule has 2 saturated carbocycles. The summed E-state index contributed by atoms with van der Waals surface area (Å²) in [7, 11) is 0. The van der Waals surface area contributed by atoms with Gasteiger partial charge >= 0.3 is 0 Å². The summed E-state index contributed by atoms with van der Waals surface area (Å²) in [5.41, 5.74) is 2.92. The van der Waals surface area contributed by atoms with Crippen LogP contribution in [0.15, 0.2) is 17.2 Å². The maximum atomic E-state index is 12.0. The van der Waals surface area contributed by atoms with E-state index in [1.54, 1.807) is 0 Å². The molecule has 2 aliphatic carbocycles. The van der Waals surface area contributed by atoms with Crippen LogP contribution in [-0.4, -0.2) is 17.2 Å². The number of hydrogen-bond acceptors (Lipinski definition) is 3. The highest BCUT2D eigenvalue weighted by atomic mass is 35.5. The summed E-state index contributed by atoms with van der Waals surface area (Å²) in [6, 6.07) is 2.98. The van der Waals surface area contributed by atoms with Crippen molar-refractivity contribution in [1.82, 2.24) is 5.43 Å². The molecule has 1 aromatic carbocycles. The number of benzene rings is 1. The van der Waals surface area contributed by atoms with Gasteiger partial charge in [-0.2, -0.15) is 5.10 Å². The number of fused-ring (bicyclic) bond motifs is 1. The first-order valence-corrected chi connectivity index (χ1v) is 7.84. The fourth-order valence-corrected chi connectivity index (χ4v) is 3.81. The van der Waals surface area contributed by atoms with Crippen molar-refractivity contribution in [2.45, 2.75) is 25.7 Å². The fraction of sp³-hybridized carbons (Fsp3) is 0.467. The van der Waals surface area contributed by atoms with E-state index in [0.717, 1.165) is 12.8 Å². The minimum Gasteiger partial charge on any atom is -0.506 e. The van der Waals surface area contributed by atoms with Crippen LogP contribution in [0.5, 0.6) is 5.75 Å². The summed E-state index contributed by atoms with van der Waals surface area (Å²) in [4.78, 5) is 12.0. The topological polar surface area (TPSA) is 61.7 Å². The molecular weight excluding hydrogens is 311 g/mol. The van der Waals surface area contributed by atoms with Gasteiger partial charge in [0.1, 0.15) is 5.75 Å². The molecule has 2 fully saturated rings. The second-order valence-corrected chi connectivity index (χ2v) is 6.54. The summed E-state index contributed by atoms with van der Waals surface area (Å²) in [5, 5.41) is 14.2. The van der Waals surface area contributed by atoms with Gasteiger partial charge in [-0.25, -0.2) is 5.43 Å². The van der Waals surface area contributed by atoms with Crippen LogP contribution in [0, 0.1) is 17.8 Å². The number of carbonyl (C=O) groups excluding carboxylic acids is 1. The monoisotopic (exact) mass is 326 g/mol. The summed E-state index contributed by atoms with van der Waals surface area (Å²) in [6.45, 7) is 0. The molecule has 2 N–H and O–H groups in total. The van der Waals surface area contributed by atoms with Gasteiger partial charge in [-0.15, -0.1) is 0 Å². The summed E-state index contributed by atoms with van der Waals surface area (Å²) >= 11 is 11.7. The van der Waals surface area contributed by atoms with E-state index in [-0.39, 0.29) is 22.6 Å². The number of nitrogens with one attached hydrogen (secondary N) is 1. The van der Waals surface area contributed by atoms with Gasteiger partial charge in [-0.05, 0) is 36.8 Å². The third-order valence-corrected chi connectivity index (χ3v) is 4.90. The molecule has 6 heteroatoms. The van der Waals surface area contributed by atoms with Crippen LogP contribution in [0.25, 0.3) is 0 Å². The summed E-state index contributed by atoms with van der Waals surface area (Å²) < 4.78 is 0. The van der Waals surface area contributed by atoms with Crippen molar-refractivity contribution in [2.24, 2.45) is 22.9 Å². The number of hydrogen-bond donors (Lipinski definition) is 2. The molecule has 0 unspecified atom stereocenters. The van der Waals surface area contributed by atoms with E-state index in [1.807, 2.05) is 0 Å². The Balaban J connectivity index is 1.61. The lowest BCUT2D eigenvalue weighted by Gasteiger charge is -2.04. The van der Waals surface area contributed by atoms with E-state index in [0.29, 0.717) is 22.4 Å². The predicted molar refractivity (Wildman–Crippen MR) is 82.8 cm³/mol. The number of amides is 1. The third-order valence-electron chi connectivity index (χ3n) is 4.40. The Morgan fingerprint density at radius 1 is 1.29 bits per heavy atom. The SMILES string of the molecule is O=C(N/N=C\c1cc(Cl)cc(Cl)c1O)C1[C@H]2CCCC[C@H]12. The Bertz CT molecular complexity index is 592. The maximum absolute atomic E-state index is 12.0. The number of phenols is 1. The van der Waals surface area contributed by atoms with Crippen molar-refractivity contribution >= 4 is 35.3 Å². The van der Waals surface area contributed by atoms with Crippen LogP contribution in [0.1, 0.15) is 31.2 Å². The molecule has 4 nitrogen and oxygen atoms in total. The molecule has 112 valence electrons. The molecule has 0 bridgehead atoms. The first-order chi connectivity index (χ1) is 10.1. The number of hydrazone groups is 1. The zero-order chi connectivity index (χ0) is 15.0. The normalized spacial score (nSPS) is 27.4. The Morgan fingerprint density at radius 3 is 2.62 bits per heavy atom. The highest BCUT2D eigenvalue weighted by Gasteiger charge is 2.54. The lowest BCUT2D eigenvalue weighted by atomic mass is 10.0. The van der Waals surface area contributed by atoms with Gasteiger partial charge in [0, 0.05) is 16.5 Å². The number of nitrogens with zero attached hydrogens (tertiary/aromatic N) is 1. The van der Waals surface area contributed by atoms with Gasteiger partial charge in [0.2, 0.25) is 5.91 Å². The van der Waals surface area contributed by atoms with E-state index in [9.17, 15) is 9.90 Å². The molecule has 0 saturated heterocycles. The Labute approximate surface area is 133 Å². The van der Waals surface area contributed by atoms with Crippen LogP contribution in [0.2, 0.25) is 10.0 Å². The molecule has 1 aromatic rings. The molecule has 21 heavy (non-hydrogen) atoms. The van der Waals surface area contributed by atoms with E-state index < -0.39 is 0 Å². The smallest absolute Gasteiger partial charge is 0.243 e. The van der Waals surface area contributed by atoms with Gasteiger partial charge in [-0.1, -0.05) is 36.0 Å². The van der Waals surface area contributed by atoms with Crippen molar-refractivity contribution < 1.29 is 9.90 Å². The van der Waals surface area contributed by atoms with Crippen molar-refractivity contribution in [2.75, 3.05) is 0 Å². The van der Waals surface area contributed by atoms with Crippen molar-refractivity contribution in [3.8, 4) is 5.75 Å². The second kappa shape index (κ2) is 5.85. The molecule has 0 radical (unpaired) electrons. The van der Waals surface area contributed by atoms with Crippen LogP contribution in [0.4, 0.5) is 0 Å². The van der Waals surface area contributed by atoms with E-state index in [2.05, 4.69) is 10.5 Å². The lowest BCUT2D eigenvalue weighted by Crippen LogP contribution is -2.20. The number of rotatable bonds is 3. The average Bonchev–Trinajstić information content (AvgIpc) is 3.18. The fourth-order valence-electron chi connectivity index (χ4n) is 3.31. The Morgan fingerprint density at radius 2 is 1.95 bits per heavy atom. The molecule has 0 aromatic heterocycles. The second-order valence-electron chi connectivity index (χ2n) is 5.70. The minimum absolute atomic E-state index is 0.0317. The molecule has 0 spiro atoms. The highest BCUT2D eigenvalue weighted by Crippen LogP contribution is 2.55. The average molecular weight is 327 g/mol. The standard InChI is InChI=1S/C15H16Cl2N2O2/c16-9-5-8(14(20)12(17)6-9)7-18-19-15(21)13-10-3-1-2-4-11(10)13/h5-7,10-11,13,20H,1-4H2,(H,19,21)/b18-7-/t10-,11-/m0/s1. The van der Waals surface area contributed by atoms with Crippen molar-refractivity contribution in [1.29, 1.82) is 0 Å². The molecule has 2 atom stereocenters. The molecule has 2 aliphatic rings. The molecule has 0 aliphatic heterocycles. The molecule has 3 rings (SSSR count). The van der Waals surface area contributed by atoms with Crippen molar-refractivity contribution in [3.05, 3.63) is 27.7 Å². The van der Waals surface area contributed by atoms with Gasteiger partial charge in [0.15, 0.2) is 0 Å². The Kier molecular flexibility index (Phi) is 4.09. The third kappa shape index (κ3) is 3.01. The van der Waals surface area contributed by atoms with Gasteiger partial charge in [0.25, 0.3) is 0 Å². The first kappa shape index (κ1) is 14.7. The first-order valence-electron chi connectivity index (χ1n) is 7.09. The van der Waals surface area contributed by atoms with Crippen LogP contribution in [0.3, 0.4) is 0 Å². The number of phenolic OH excluding ortho intramolecular Hbond substituents is 1. The summed E-state index contributed by atoms with van der Waals surface area (Å²) in [5.74, 6) is 1.07. The van der Waals surface area contributed by atoms with E-state index >= 15 is 0 Å². The lowest BCUT2D eigenvalue weighted by molar-refractivity contribution is -0.122. The largest absolute Gasteiger partial charge is 0.506 e. The van der Waals surface area contributed by atoms with Crippen LogP contribution >= 0.6 is 23.2 Å². The van der Waals surface area contributed by atoms with E-state index in [1.165, 1.54) is 31.2 Å². The van der Waals surface area contributed by atoms with E-state index in [4.69, 9.17) is 23.2 Å². The predicted octanol–water partition coefficient (Wildman–Crippen LogP) is 3.59. The quantitative estimate of drug-likeness (QED) is 0.658. The zero-order valence-corrected chi connectivity index (χ0v) is 12.9. The van der Waals surface area contributed by atoms with Crippen molar-refractivity contribution in [3.63, 3.8) is 0 Å². The maximum Gasteiger partial charge on any atom is 0.243 e. The van der Waals surface area contributed by atoms with Crippen LogP contribution < -0.4 is 5.43 Å². The highest BCUT2D eigenvalue weighted by molar-refractivity contribution is 6.36. The Hall–Kier alpha value is -1.26. The van der Waals surface area contributed by atoms with Crippen LogP contribution in [-0.2, 0) is 4.79 Å². The number of halogens is 2.